The lowest BCUT2D eigenvalue weighted by Gasteiger charge is -2.04. The van der Waals surface area contributed by atoms with Crippen molar-refractivity contribution in [3.05, 3.63) is 59.1 Å². The Hall–Kier alpha value is -3.08. The number of amides is 2. The predicted molar refractivity (Wildman–Crippen MR) is 121 cm³/mol. The molecule has 0 atom stereocenters. The van der Waals surface area contributed by atoms with Crippen LogP contribution in [0.1, 0.15) is 5.56 Å². The Labute approximate surface area is 190 Å². The van der Waals surface area contributed by atoms with E-state index in [9.17, 15) is 9.59 Å². The van der Waals surface area contributed by atoms with E-state index in [-0.39, 0.29) is 24.4 Å². The van der Waals surface area contributed by atoms with Gasteiger partial charge in [0.1, 0.15) is 0 Å². The number of aromatic nitrogens is 2. The maximum absolute atomic E-state index is 12.1. The van der Waals surface area contributed by atoms with Gasteiger partial charge in [-0.15, -0.1) is 10.2 Å². The summed E-state index contributed by atoms with van der Waals surface area (Å²) in [4.78, 5) is 24.2. The first-order chi connectivity index (χ1) is 15.0. The van der Waals surface area contributed by atoms with E-state index in [0.717, 1.165) is 5.56 Å². The molecule has 0 bridgehead atoms. The first-order valence-corrected chi connectivity index (χ1v) is 11.1. The molecular weight excluding hydrogens is 460 g/mol. The van der Waals surface area contributed by atoms with Gasteiger partial charge in [0, 0.05) is 16.8 Å². The van der Waals surface area contributed by atoms with Crippen LogP contribution in [-0.4, -0.2) is 34.6 Å². The normalized spacial score (nSPS) is 12.2. The Morgan fingerprint density at radius 2 is 2.00 bits per heavy atom. The van der Waals surface area contributed by atoms with E-state index in [4.69, 9.17) is 21.1 Å². The first kappa shape index (κ1) is 21.2. The fraction of sp³-hybridized carbons (Fsp3) is 0.100. The number of ether oxygens (including phenoxy) is 2. The van der Waals surface area contributed by atoms with E-state index in [1.54, 1.807) is 42.5 Å². The lowest BCUT2D eigenvalue weighted by molar-refractivity contribution is -0.114. The highest BCUT2D eigenvalue weighted by Crippen LogP contribution is 2.32. The predicted octanol–water partition coefficient (Wildman–Crippen LogP) is 4.30. The number of carbonyl (C=O) groups excluding carboxylic acids is 2. The Balaban J connectivity index is 1.25. The van der Waals surface area contributed by atoms with Gasteiger partial charge >= 0.3 is 0 Å². The number of nitrogens with one attached hydrogen (secondary N) is 2. The number of thioether (sulfide) groups is 1. The van der Waals surface area contributed by atoms with Crippen LogP contribution < -0.4 is 20.1 Å². The van der Waals surface area contributed by atoms with E-state index in [2.05, 4.69) is 20.8 Å². The van der Waals surface area contributed by atoms with E-state index in [0.29, 0.717) is 31.7 Å². The highest BCUT2D eigenvalue weighted by molar-refractivity contribution is 8.01. The molecule has 0 saturated carbocycles. The van der Waals surface area contributed by atoms with Gasteiger partial charge < -0.3 is 14.8 Å². The molecule has 0 fully saturated rings. The van der Waals surface area contributed by atoms with Crippen molar-refractivity contribution in [3.63, 3.8) is 0 Å². The molecule has 0 radical (unpaired) electrons. The number of anilines is 2. The average molecular weight is 475 g/mol. The molecular formula is C20H15ClN4O4S2. The van der Waals surface area contributed by atoms with Crippen molar-refractivity contribution >= 4 is 63.4 Å². The molecule has 8 nitrogen and oxygen atoms in total. The van der Waals surface area contributed by atoms with Crippen molar-refractivity contribution in [3.8, 4) is 11.5 Å². The van der Waals surface area contributed by atoms with Crippen LogP contribution in [0.4, 0.5) is 10.8 Å². The number of rotatable bonds is 7. The quantitative estimate of drug-likeness (QED) is 0.299. The van der Waals surface area contributed by atoms with Gasteiger partial charge in [-0.2, -0.15) is 0 Å². The molecule has 2 aromatic carbocycles. The number of benzene rings is 2. The molecule has 1 aromatic heterocycles. The number of halogens is 1. The second kappa shape index (κ2) is 9.82. The minimum absolute atomic E-state index is 0.152. The number of nitrogens with zero attached hydrogens (tertiary/aromatic N) is 2. The Bertz CT molecular complexity index is 1150. The average Bonchev–Trinajstić information content (AvgIpc) is 3.39. The van der Waals surface area contributed by atoms with Gasteiger partial charge in [-0.1, -0.05) is 46.8 Å². The van der Waals surface area contributed by atoms with Gasteiger partial charge in [-0.3, -0.25) is 14.9 Å². The molecule has 0 unspecified atom stereocenters. The molecule has 1 aliphatic rings. The smallest absolute Gasteiger partial charge is 0.250 e. The third-order valence-electron chi connectivity index (χ3n) is 3.90. The fourth-order valence-corrected chi connectivity index (χ4v) is 4.29. The molecule has 2 heterocycles. The van der Waals surface area contributed by atoms with E-state index < -0.39 is 0 Å². The summed E-state index contributed by atoms with van der Waals surface area (Å²) in [7, 11) is 0. The molecule has 11 heteroatoms. The fourth-order valence-electron chi connectivity index (χ4n) is 2.54. The van der Waals surface area contributed by atoms with Crippen molar-refractivity contribution in [2.75, 3.05) is 23.2 Å². The molecule has 0 spiro atoms. The molecule has 2 amide bonds. The Morgan fingerprint density at radius 1 is 1.13 bits per heavy atom. The summed E-state index contributed by atoms with van der Waals surface area (Å²) in [6, 6.07) is 12.3. The van der Waals surface area contributed by atoms with Crippen molar-refractivity contribution in [2.45, 2.75) is 4.34 Å². The van der Waals surface area contributed by atoms with Crippen molar-refractivity contribution in [1.82, 2.24) is 10.2 Å². The molecule has 158 valence electrons. The maximum atomic E-state index is 12.1. The zero-order valence-corrected chi connectivity index (χ0v) is 18.2. The third-order valence-corrected chi connectivity index (χ3v) is 6.10. The summed E-state index contributed by atoms with van der Waals surface area (Å²) >= 11 is 8.32. The Kier molecular flexibility index (Phi) is 6.70. The standard InChI is InChI=1S/C20H15ClN4O4S2/c21-13-2-1-3-14(9-13)22-18(27)10-30-20-25-24-19(31-20)23-17(26)7-5-12-4-6-15-16(8-12)29-11-28-15/h1-9H,10-11H2,(H,22,27)(H,23,24,26)/b7-5+. The van der Waals surface area contributed by atoms with Gasteiger partial charge in [0.05, 0.1) is 5.75 Å². The lowest BCUT2D eigenvalue weighted by atomic mass is 10.2. The highest BCUT2D eigenvalue weighted by atomic mass is 35.5. The number of hydrogen-bond acceptors (Lipinski definition) is 8. The minimum Gasteiger partial charge on any atom is -0.454 e. The summed E-state index contributed by atoms with van der Waals surface area (Å²) in [5, 5.41) is 14.2. The van der Waals surface area contributed by atoms with Crippen LogP contribution in [0.2, 0.25) is 5.02 Å². The zero-order chi connectivity index (χ0) is 21.6. The Morgan fingerprint density at radius 3 is 2.87 bits per heavy atom. The lowest BCUT2D eigenvalue weighted by Crippen LogP contribution is -2.13. The van der Waals surface area contributed by atoms with Gasteiger partial charge in [-0.05, 0) is 42.0 Å². The molecule has 4 rings (SSSR count). The van der Waals surface area contributed by atoms with Crippen LogP contribution >= 0.6 is 34.7 Å². The van der Waals surface area contributed by atoms with Crippen LogP contribution in [0.3, 0.4) is 0 Å². The summed E-state index contributed by atoms with van der Waals surface area (Å²) in [6.07, 6.45) is 3.05. The van der Waals surface area contributed by atoms with Gasteiger partial charge in [0.25, 0.3) is 0 Å². The van der Waals surface area contributed by atoms with Crippen molar-refractivity contribution < 1.29 is 19.1 Å². The number of fused-ring (bicyclic) bond motifs is 1. The highest BCUT2D eigenvalue weighted by Gasteiger charge is 2.13. The zero-order valence-electron chi connectivity index (χ0n) is 15.8. The van der Waals surface area contributed by atoms with E-state index in [1.807, 2.05) is 6.07 Å². The second-order valence-electron chi connectivity index (χ2n) is 6.16. The minimum atomic E-state index is -0.343. The molecule has 0 saturated heterocycles. The van der Waals surface area contributed by atoms with Crippen LogP contribution in [0.25, 0.3) is 6.08 Å². The van der Waals surface area contributed by atoms with E-state index >= 15 is 0 Å². The monoisotopic (exact) mass is 474 g/mol. The van der Waals surface area contributed by atoms with Crippen LogP contribution in [0, 0.1) is 0 Å². The topological polar surface area (TPSA) is 102 Å². The van der Waals surface area contributed by atoms with Crippen LogP contribution in [-0.2, 0) is 9.59 Å². The molecule has 0 aliphatic carbocycles. The summed E-state index contributed by atoms with van der Waals surface area (Å²) in [5.41, 5.74) is 1.43. The van der Waals surface area contributed by atoms with Crippen LogP contribution in [0.5, 0.6) is 11.5 Å². The molecule has 3 aromatic rings. The van der Waals surface area contributed by atoms with E-state index in [1.165, 1.54) is 29.2 Å². The molecule has 2 N–H and O–H groups in total. The first-order valence-electron chi connectivity index (χ1n) is 8.95. The second-order valence-corrected chi connectivity index (χ2v) is 8.79. The maximum Gasteiger partial charge on any atom is 0.250 e. The number of carbonyl (C=O) groups is 2. The van der Waals surface area contributed by atoms with Crippen molar-refractivity contribution in [1.29, 1.82) is 0 Å². The van der Waals surface area contributed by atoms with Gasteiger partial charge in [0.15, 0.2) is 15.8 Å². The van der Waals surface area contributed by atoms with Gasteiger partial charge in [0.2, 0.25) is 23.7 Å². The summed E-state index contributed by atoms with van der Waals surface area (Å²) in [5.74, 6) is 0.942. The largest absolute Gasteiger partial charge is 0.454 e. The molecule has 1 aliphatic heterocycles. The third kappa shape index (κ3) is 5.97. The van der Waals surface area contributed by atoms with Crippen molar-refractivity contribution in [2.24, 2.45) is 0 Å². The molecule has 31 heavy (non-hydrogen) atoms. The number of hydrogen-bond donors (Lipinski definition) is 2. The van der Waals surface area contributed by atoms with Gasteiger partial charge in [-0.25, -0.2) is 0 Å². The summed E-state index contributed by atoms with van der Waals surface area (Å²) in [6.45, 7) is 0.197. The SMILES string of the molecule is O=C(/C=C/c1ccc2c(c1)OCO2)Nc1nnc(SCC(=O)Nc2cccc(Cl)c2)s1. The summed E-state index contributed by atoms with van der Waals surface area (Å²) < 4.78 is 11.1. The van der Waals surface area contributed by atoms with Crippen LogP contribution in [0.15, 0.2) is 52.9 Å².